The molecule has 8 nitrogen and oxygen atoms in total. The van der Waals surface area contributed by atoms with Crippen molar-refractivity contribution in [2.75, 3.05) is 25.3 Å². The van der Waals surface area contributed by atoms with Crippen molar-refractivity contribution in [3.63, 3.8) is 0 Å². The number of nitrogens with one attached hydrogen (secondary N) is 1. The summed E-state index contributed by atoms with van der Waals surface area (Å²) in [5.74, 6) is 1.29. The third-order valence-corrected chi connectivity index (χ3v) is 7.64. The third-order valence-electron chi connectivity index (χ3n) is 6.81. The number of aryl methyl sites for hydroxylation is 2. The molecule has 1 aromatic heterocycles. The van der Waals surface area contributed by atoms with E-state index >= 15 is 0 Å². The van der Waals surface area contributed by atoms with E-state index in [2.05, 4.69) is 15.3 Å². The van der Waals surface area contributed by atoms with Crippen LogP contribution in [0.1, 0.15) is 42.6 Å². The second kappa shape index (κ2) is 12.3. The molecule has 1 aliphatic carbocycles. The summed E-state index contributed by atoms with van der Waals surface area (Å²) in [6.07, 6.45) is 2.94. The fraction of sp³-hybridized carbons (Fsp3) is 0.379. The van der Waals surface area contributed by atoms with Gasteiger partial charge in [0.25, 0.3) is 0 Å². The molecule has 1 heterocycles. The van der Waals surface area contributed by atoms with Gasteiger partial charge in [-0.3, -0.25) is 9.59 Å². The van der Waals surface area contributed by atoms with Crippen molar-refractivity contribution in [2.24, 2.45) is 0 Å². The van der Waals surface area contributed by atoms with E-state index in [1.54, 1.807) is 31.3 Å². The van der Waals surface area contributed by atoms with Crippen LogP contribution in [0.25, 0.3) is 0 Å². The van der Waals surface area contributed by atoms with Gasteiger partial charge in [-0.2, -0.15) is 0 Å². The summed E-state index contributed by atoms with van der Waals surface area (Å²) in [7, 11) is 3.22. The molecule has 0 spiro atoms. The average Bonchev–Trinajstić information content (AvgIpc) is 3.42. The van der Waals surface area contributed by atoms with Crippen LogP contribution in [0.2, 0.25) is 0 Å². The predicted octanol–water partition coefficient (Wildman–Crippen LogP) is 5.18. The lowest BCUT2D eigenvalue weighted by atomic mass is 9.92. The summed E-state index contributed by atoms with van der Waals surface area (Å²) in [6, 6.07) is 16.7. The second-order valence-corrected chi connectivity index (χ2v) is 10.4. The molecule has 1 aliphatic rings. The van der Waals surface area contributed by atoms with Crippen LogP contribution in [-0.2, 0) is 16.1 Å². The molecular weight excluding hydrogens is 500 g/mol. The Morgan fingerprint density at radius 1 is 0.921 bits per heavy atom. The van der Waals surface area contributed by atoms with Crippen LogP contribution in [0.4, 0.5) is 5.69 Å². The molecule has 1 fully saturated rings. The maximum atomic E-state index is 13.9. The second-order valence-electron chi connectivity index (χ2n) is 9.47. The van der Waals surface area contributed by atoms with Crippen molar-refractivity contribution < 1.29 is 19.1 Å². The van der Waals surface area contributed by atoms with Crippen LogP contribution in [0.3, 0.4) is 0 Å². The van der Waals surface area contributed by atoms with E-state index in [1.807, 2.05) is 56.3 Å². The van der Waals surface area contributed by atoms with E-state index in [1.165, 1.54) is 11.8 Å². The summed E-state index contributed by atoms with van der Waals surface area (Å²) < 4.78 is 10.5. The summed E-state index contributed by atoms with van der Waals surface area (Å²) in [5, 5.41) is 3.62. The van der Waals surface area contributed by atoms with E-state index < -0.39 is 5.54 Å². The lowest BCUT2D eigenvalue weighted by Crippen LogP contribution is -2.57. The first kappa shape index (κ1) is 27.4. The molecule has 38 heavy (non-hydrogen) atoms. The molecule has 0 atom stereocenters. The fourth-order valence-electron chi connectivity index (χ4n) is 4.86. The van der Waals surface area contributed by atoms with Gasteiger partial charge >= 0.3 is 0 Å². The number of carbonyl (C=O) groups excluding carboxylic acids is 2. The van der Waals surface area contributed by atoms with Crippen molar-refractivity contribution in [1.82, 2.24) is 14.9 Å². The molecule has 0 aliphatic heterocycles. The molecule has 2 aromatic carbocycles. The van der Waals surface area contributed by atoms with Gasteiger partial charge in [-0.1, -0.05) is 36.7 Å². The van der Waals surface area contributed by atoms with Crippen molar-refractivity contribution in [2.45, 2.75) is 56.8 Å². The monoisotopic (exact) mass is 534 g/mol. The number of methoxy groups -OCH3 is 2. The molecule has 1 N–H and O–H groups in total. The van der Waals surface area contributed by atoms with E-state index in [-0.39, 0.29) is 17.6 Å². The van der Waals surface area contributed by atoms with Crippen molar-refractivity contribution in [3.05, 3.63) is 71.5 Å². The van der Waals surface area contributed by atoms with Gasteiger partial charge in [-0.15, -0.1) is 0 Å². The van der Waals surface area contributed by atoms with Crippen LogP contribution in [0, 0.1) is 13.8 Å². The summed E-state index contributed by atoms with van der Waals surface area (Å²) >= 11 is 1.30. The number of aromatic nitrogens is 2. The zero-order valence-corrected chi connectivity index (χ0v) is 23.1. The first-order valence-corrected chi connectivity index (χ1v) is 13.7. The van der Waals surface area contributed by atoms with Crippen LogP contribution < -0.4 is 14.8 Å². The molecule has 0 saturated heterocycles. The van der Waals surface area contributed by atoms with E-state index in [9.17, 15) is 9.59 Å². The number of rotatable bonds is 10. The minimum atomic E-state index is -0.957. The smallest absolute Gasteiger partial charge is 0.250 e. The largest absolute Gasteiger partial charge is 0.497 e. The van der Waals surface area contributed by atoms with Gasteiger partial charge in [0.1, 0.15) is 17.0 Å². The Morgan fingerprint density at radius 2 is 1.47 bits per heavy atom. The lowest BCUT2D eigenvalue weighted by molar-refractivity contribution is -0.144. The highest BCUT2D eigenvalue weighted by Gasteiger charge is 2.48. The lowest BCUT2D eigenvalue weighted by Gasteiger charge is -2.40. The molecule has 9 heteroatoms. The van der Waals surface area contributed by atoms with Crippen LogP contribution >= 0.6 is 11.8 Å². The normalized spacial score (nSPS) is 14.1. The maximum absolute atomic E-state index is 13.9. The number of anilines is 1. The Bertz CT molecular complexity index is 1240. The summed E-state index contributed by atoms with van der Waals surface area (Å²) in [4.78, 5) is 38.5. The van der Waals surface area contributed by atoms with Crippen LogP contribution in [0.5, 0.6) is 11.5 Å². The minimum Gasteiger partial charge on any atom is -0.497 e. The highest BCUT2D eigenvalue weighted by Crippen LogP contribution is 2.38. The van der Waals surface area contributed by atoms with Gasteiger partial charge in [0.2, 0.25) is 11.8 Å². The number of nitrogens with zero attached hydrogens (tertiary/aromatic N) is 3. The molecule has 200 valence electrons. The Hall–Kier alpha value is -3.59. The first-order chi connectivity index (χ1) is 18.3. The number of hydrogen-bond acceptors (Lipinski definition) is 7. The number of carbonyl (C=O) groups is 2. The Morgan fingerprint density at radius 3 is 2.03 bits per heavy atom. The molecule has 3 aromatic rings. The zero-order valence-electron chi connectivity index (χ0n) is 22.3. The Labute approximate surface area is 228 Å². The maximum Gasteiger partial charge on any atom is 0.250 e. The molecule has 4 rings (SSSR count). The van der Waals surface area contributed by atoms with Gasteiger partial charge in [0.15, 0.2) is 5.16 Å². The zero-order chi connectivity index (χ0) is 27.1. The van der Waals surface area contributed by atoms with Gasteiger partial charge < -0.3 is 19.7 Å². The van der Waals surface area contributed by atoms with Crippen LogP contribution in [-0.4, -0.2) is 52.2 Å². The number of amides is 2. The van der Waals surface area contributed by atoms with Crippen molar-refractivity contribution >= 4 is 29.3 Å². The summed E-state index contributed by atoms with van der Waals surface area (Å²) in [5.41, 5.74) is 2.34. The minimum absolute atomic E-state index is 0.125. The standard InChI is InChI=1S/C29H34N4O4S/c1-20-17-21(2)31-28(30-20)38-19-26(34)33(18-22-7-11-24(36-3)12-8-22)29(15-5-6-16-29)27(35)32-23-9-13-25(37-4)14-10-23/h7-14,17H,5-6,15-16,18-19H2,1-4H3,(H,32,35). The SMILES string of the molecule is COc1ccc(CN(C(=O)CSc2nc(C)cc(C)n2)C2(C(=O)Nc3ccc(OC)cc3)CCCC2)cc1. The van der Waals surface area contributed by atoms with Crippen molar-refractivity contribution in [1.29, 1.82) is 0 Å². The first-order valence-electron chi connectivity index (χ1n) is 12.7. The molecular formula is C29H34N4O4S. The van der Waals surface area contributed by atoms with Crippen molar-refractivity contribution in [3.8, 4) is 11.5 Å². The predicted molar refractivity (Wildman–Crippen MR) is 149 cm³/mol. The molecule has 2 amide bonds. The number of benzene rings is 2. The van der Waals surface area contributed by atoms with Gasteiger partial charge in [-0.25, -0.2) is 9.97 Å². The number of thioether (sulfide) groups is 1. The highest BCUT2D eigenvalue weighted by molar-refractivity contribution is 7.99. The molecule has 0 unspecified atom stereocenters. The fourth-order valence-corrected chi connectivity index (χ4v) is 5.68. The molecule has 0 bridgehead atoms. The third kappa shape index (κ3) is 6.45. The van der Waals surface area contributed by atoms with E-state index in [0.29, 0.717) is 36.0 Å². The van der Waals surface area contributed by atoms with E-state index in [0.717, 1.165) is 35.5 Å². The summed E-state index contributed by atoms with van der Waals surface area (Å²) in [6.45, 7) is 4.13. The molecule has 1 saturated carbocycles. The molecule has 0 radical (unpaired) electrons. The average molecular weight is 535 g/mol. The van der Waals surface area contributed by atoms with E-state index in [4.69, 9.17) is 9.47 Å². The van der Waals surface area contributed by atoms with Gasteiger partial charge in [0.05, 0.1) is 20.0 Å². The highest BCUT2D eigenvalue weighted by atomic mass is 32.2. The van der Waals surface area contributed by atoms with Crippen LogP contribution in [0.15, 0.2) is 59.8 Å². The topological polar surface area (TPSA) is 93.7 Å². The Balaban J connectivity index is 1.62. The quantitative estimate of drug-likeness (QED) is 0.283. The number of hydrogen-bond donors (Lipinski definition) is 1. The van der Waals surface area contributed by atoms with Gasteiger partial charge in [0, 0.05) is 23.6 Å². The Kier molecular flexibility index (Phi) is 8.89. The number of ether oxygens (including phenoxy) is 2. The van der Waals surface area contributed by atoms with Gasteiger partial charge in [-0.05, 0) is 74.7 Å².